The Balaban J connectivity index is 2.24. The fourth-order valence-electron chi connectivity index (χ4n) is 1.58. The van der Waals surface area contributed by atoms with Crippen LogP contribution in [-0.4, -0.2) is 16.3 Å². The van der Waals surface area contributed by atoms with Crippen molar-refractivity contribution in [2.24, 2.45) is 10.8 Å². The van der Waals surface area contributed by atoms with Crippen molar-refractivity contribution in [2.75, 3.05) is 0 Å². The molecule has 1 unspecified atom stereocenters. The summed E-state index contributed by atoms with van der Waals surface area (Å²) in [4.78, 5) is 0. The molecule has 3 nitrogen and oxygen atoms in total. The van der Waals surface area contributed by atoms with E-state index in [1.807, 2.05) is 24.4 Å². The molecule has 0 aliphatic carbocycles. The first-order valence-corrected chi connectivity index (χ1v) is 4.86. The molecule has 1 atom stereocenters. The number of hydrazone groups is 1. The summed E-state index contributed by atoms with van der Waals surface area (Å²) in [5, 5.41) is 6.15. The van der Waals surface area contributed by atoms with Gasteiger partial charge in [-0.15, -0.1) is 0 Å². The van der Waals surface area contributed by atoms with E-state index in [1.54, 1.807) is 5.01 Å². The molecule has 1 heterocycles. The van der Waals surface area contributed by atoms with Crippen molar-refractivity contribution in [2.45, 2.75) is 12.5 Å². The Labute approximate surface area is 88.2 Å². The Morgan fingerprint density at radius 1 is 1.43 bits per heavy atom. The van der Waals surface area contributed by atoms with Gasteiger partial charge in [-0.1, -0.05) is 30.3 Å². The van der Waals surface area contributed by atoms with Gasteiger partial charge in [0.05, 0.1) is 6.04 Å². The third-order valence-corrected chi connectivity index (χ3v) is 2.43. The topological polar surface area (TPSA) is 41.6 Å². The van der Waals surface area contributed by atoms with Crippen molar-refractivity contribution in [3.05, 3.63) is 35.9 Å². The summed E-state index contributed by atoms with van der Waals surface area (Å²) >= 11 is 4.92. The zero-order valence-corrected chi connectivity index (χ0v) is 8.45. The molecule has 4 heteroatoms. The second kappa shape index (κ2) is 3.75. The number of nitrogens with zero attached hydrogens (tertiary/aromatic N) is 2. The summed E-state index contributed by atoms with van der Waals surface area (Å²) in [5.41, 5.74) is 6.76. The molecular formula is C10H11N3S. The zero-order chi connectivity index (χ0) is 9.97. The minimum absolute atomic E-state index is 0.175. The molecule has 1 aliphatic heterocycles. The number of benzene rings is 1. The van der Waals surface area contributed by atoms with Gasteiger partial charge in [-0.25, -0.2) is 5.01 Å². The van der Waals surface area contributed by atoms with Crippen LogP contribution in [0, 0.1) is 0 Å². The summed E-state index contributed by atoms with van der Waals surface area (Å²) in [6, 6.07) is 10.3. The minimum atomic E-state index is 0.175. The van der Waals surface area contributed by atoms with Gasteiger partial charge in [0.1, 0.15) is 0 Å². The van der Waals surface area contributed by atoms with Crippen LogP contribution in [0.4, 0.5) is 0 Å². The second-order valence-corrected chi connectivity index (χ2v) is 3.56. The van der Waals surface area contributed by atoms with Gasteiger partial charge in [-0.3, -0.25) is 0 Å². The third kappa shape index (κ3) is 1.61. The normalized spacial score (nSPS) is 20.0. The van der Waals surface area contributed by atoms with Gasteiger partial charge in [-0.2, -0.15) is 5.10 Å². The fraction of sp³-hybridized carbons (Fsp3) is 0.200. The highest BCUT2D eigenvalue weighted by molar-refractivity contribution is 7.80. The molecule has 0 fully saturated rings. The summed E-state index contributed by atoms with van der Waals surface area (Å²) in [7, 11) is 0. The summed E-state index contributed by atoms with van der Waals surface area (Å²) < 4.78 is 0. The highest BCUT2D eigenvalue weighted by atomic mass is 32.1. The lowest BCUT2D eigenvalue weighted by Gasteiger charge is -2.21. The average Bonchev–Trinajstić information content (AvgIpc) is 2.67. The molecular weight excluding hydrogens is 194 g/mol. The lowest BCUT2D eigenvalue weighted by Crippen LogP contribution is -2.31. The monoisotopic (exact) mass is 205 g/mol. The maximum atomic E-state index is 5.57. The second-order valence-electron chi connectivity index (χ2n) is 3.14. The summed E-state index contributed by atoms with van der Waals surface area (Å²) in [6.07, 6.45) is 2.71. The summed E-state index contributed by atoms with van der Waals surface area (Å²) in [6.45, 7) is 0. The van der Waals surface area contributed by atoms with E-state index >= 15 is 0 Å². The van der Waals surface area contributed by atoms with Gasteiger partial charge in [0.15, 0.2) is 5.11 Å². The van der Waals surface area contributed by atoms with Crippen LogP contribution >= 0.6 is 12.2 Å². The lowest BCUT2D eigenvalue weighted by atomic mass is 10.1. The molecule has 2 N–H and O–H groups in total. The van der Waals surface area contributed by atoms with Gasteiger partial charge in [-0.05, 0) is 17.8 Å². The van der Waals surface area contributed by atoms with E-state index in [9.17, 15) is 0 Å². The Morgan fingerprint density at radius 3 is 2.79 bits per heavy atom. The van der Waals surface area contributed by atoms with Crippen LogP contribution in [0.2, 0.25) is 0 Å². The van der Waals surface area contributed by atoms with E-state index in [-0.39, 0.29) is 6.04 Å². The quantitative estimate of drug-likeness (QED) is 0.709. The maximum absolute atomic E-state index is 5.57. The Morgan fingerprint density at radius 2 is 2.14 bits per heavy atom. The molecule has 0 saturated heterocycles. The minimum Gasteiger partial charge on any atom is -0.375 e. The highest BCUT2D eigenvalue weighted by Gasteiger charge is 2.23. The van der Waals surface area contributed by atoms with Gasteiger partial charge >= 0.3 is 0 Å². The first kappa shape index (κ1) is 9.15. The van der Waals surface area contributed by atoms with E-state index in [0.717, 1.165) is 6.42 Å². The molecule has 0 radical (unpaired) electrons. The van der Waals surface area contributed by atoms with Crippen LogP contribution in [0.5, 0.6) is 0 Å². The Bertz CT molecular complexity index is 361. The van der Waals surface area contributed by atoms with Crippen LogP contribution in [0.3, 0.4) is 0 Å². The Kier molecular flexibility index (Phi) is 2.45. The molecule has 72 valence electrons. The highest BCUT2D eigenvalue weighted by Crippen LogP contribution is 2.27. The molecule has 1 aromatic carbocycles. The van der Waals surface area contributed by atoms with Gasteiger partial charge in [0.25, 0.3) is 0 Å². The predicted octanol–water partition coefficient (Wildman–Crippen LogP) is 1.66. The van der Waals surface area contributed by atoms with Crippen molar-refractivity contribution in [1.29, 1.82) is 0 Å². The Hall–Kier alpha value is -1.42. The fourth-order valence-corrected chi connectivity index (χ4v) is 1.75. The molecule has 0 saturated carbocycles. The number of hydrogen-bond acceptors (Lipinski definition) is 2. The largest absolute Gasteiger partial charge is 0.375 e. The van der Waals surface area contributed by atoms with Crippen LogP contribution in [0.15, 0.2) is 35.4 Å². The lowest BCUT2D eigenvalue weighted by molar-refractivity contribution is 0.373. The predicted molar refractivity (Wildman–Crippen MR) is 60.9 cm³/mol. The van der Waals surface area contributed by atoms with Gasteiger partial charge in [0.2, 0.25) is 0 Å². The van der Waals surface area contributed by atoms with E-state index in [1.165, 1.54) is 5.56 Å². The molecule has 14 heavy (non-hydrogen) atoms. The van der Waals surface area contributed by atoms with Gasteiger partial charge < -0.3 is 5.73 Å². The van der Waals surface area contributed by atoms with Gasteiger partial charge in [0, 0.05) is 12.6 Å². The molecule has 1 aliphatic rings. The zero-order valence-electron chi connectivity index (χ0n) is 7.63. The molecule has 0 bridgehead atoms. The van der Waals surface area contributed by atoms with Crippen molar-refractivity contribution in [1.82, 2.24) is 5.01 Å². The first-order chi connectivity index (χ1) is 6.79. The van der Waals surface area contributed by atoms with Crippen molar-refractivity contribution < 1.29 is 0 Å². The number of nitrogens with two attached hydrogens (primary N) is 1. The summed E-state index contributed by atoms with van der Waals surface area (Å²) in [5.74, 6) is 0. The van der Waals surface area contributed by atoms with Crippen molar-refractivity contribution in [3.63, 3.8) is 0 Å². The molecule has 0 spiro atoms. The van der Waals surface area contributed by atoms with E-state index < -0.39 is 0 Å². The van der Waals surface area contributed by atoms with E-state index in [2.05, 4.69) is 17.2 Å². The van der Waals surface area contributed by atoms with Crippen molar-refractivity contribution >= 4 is 23.5 Å². The molecule has 0 amide bonds. The molecule has 0 aromatic heterocycles. The maximum Gasteiger partial charge on any atom is 0.187 e. The van der Waals surface area contributed by atoms with Crippen LogP contribution in [0.1, 0.15) is 18.0 Å². The number of thiocarbonyl (C=S) groups is 1. The standard InChI is InChI=1S/C10H11N3S/c11-10(14)13-9(6-7-12-13)8-4-2-1-3-5-8/h1-5,7,9H,6H2,(H2,11,14). The first-order valence-electron chi connectivity index (χ1n) is 4.45. The SMILES string of the molecule is NC(=S)N1N=CCC1c1ccccc1. The van der Waals surface area contributed by atoms with Crippen LogP contribution in [0.25, 0.3) is 0 Å². The van der Waals surface area contributed by atoms with E-state index in [0.29, 0.717) is 5.11 Å². The third-order valence-electron chi connectivity index (χ3n) is 2.24. The van der Waals surface area contributed by atoms with Crippen LogP contribution < -0.4 is 5.73 Å². The number of hydrogen-bond donors (Lipinski definition) is 1. The smallest absolute Gasteiger partial charge is 0.187 e. The van der Waals surface area contributed by atoms with Crippen molar-refractivity contribution in [3.8, 4) is 0 Å². The molecule has 2 rings (SSSR count). The average molecular weight is 205 g/mol. The number of rotatable bonds is 1. The van der Waals surface area contributed by atoms with Crippen LogP contribution in [-0.2, 0) is 0 Å². The molecule has 1 aromatic rings. The van der Waals surface area contributed by atoms with E-state index in [4.69, 9.17) is 18.0 Å².